The number of rotatable bonds is 9. The minimum atomic E-state index is 0.0232. The quantitative estimate of drug-likeness (QED) is 0.516. The van der Waals surface area contributed by atoms with Gasteiger partial charge >= 0.3 is 0 Å². The molecule has 0 spiro atoms. The smallest absolute Gasteiger partial charge is 0.193 e. The molecule has 2 rings (SSSR count). The molecule has 0 amide bonds. The standard InChI is InChI=1S/C19H22O3/c1-2-3-13-21-14-15-22-18-11-9-17(10-12-18)19(20)16-7-5-4-6-8-16/h4-12H,2-3,13-15H2,1H3. The van der Waals surface area contributed by atoms with E-state index in [1.54, 1.807) is 12.1 Å². The van der Waals surface area contributed by atoms with Gasteiger partial charge in [0.1, 0.15) is 12.4 Å². The molecule has 0 N–H and O–H groups in total. The van der Waals surface area contributed by atoms with Gasteiger partial charge in [0.25, 0.3) is 0 Å². The van der Waals surface area contributed by atoms with E-state index in [4.69, 9.17) is 9.47 Å². The summed E-state index contributed by atoms with van der Waals surface area (Å²) in [7, 11) is 0. The molecular formula is C19H22O3. The normalized spacial score (nSPS) is 10.4. The lowest BCUT2D eigenvalue weighted by molar-refractivity contribution is 0.0979. The Morgan fingerprint density at radius 3 is 2.23 bits per heavy atom. The second-order valence-corrected chi connectivity index (χ2v) is 5.03. The second kappa shape index (κ2) is 9.00. The van der Waals surface area contributed by atoms with Gasteiger partial charge in [0.15, 0.2) is 5.78 Å². The lowest BCUT2D eigenvalue weighted by atomic mass is 10.0. The van der Waals surface area contributed by atoms with Crippen molar-refractivity contribution in [1.82, 2.24) is 0 Å². The van der Waals surface area contributed by atoms with Gasteiger partial charge in [0, 0.05) is 17.7 Å². The van der Waals surface area contributed by atoms with E-state index in [0.29, 0.717) is 24.3 Å². The van der Waals surface area contributed by atoms with Gasteiger partial charge < -0.3 is 9.47 Å². The van der Waals surface area contributed by atoms with E-state index < -0.39 is 0 Å². The third kappa shape index (κ3) is 5.01. The Hall–Kier alpha value is -2.13. The van der Waals surface area contributed by atoms with Crippen LogP contribution in [0.25, 0.3) is 0 Å². The van der Waals surface area contributed by atoms with Gasteiger partial charge in [-0.1, -0.05) is 43.7 Å². The van der Waals surface area contributed by atoms with Gasteiger partial charge in [-0.15, -0.1) is 0 Å². The molecule has 0 aromatic heterocycles. The topological polar surface area (TPSA) is 35.5 Å². The highest BCUT2D eigenvalue weighted by Gasteiger charge is 2.08. The van der Waals surface area contributed by atoms with E-state index in [2.05, 4.69) is 6.92 Å². The van der Waals surface area contributed by atoms with E-state index in [1.165, 1.54) is 0 Å². The van der Waals surface area contributed by atoms with Crippen LogP contribution in [0, 0.1) is 0 Å². The molecular weight excluding hydrogens is 276 g/mol. The average molecular weight is 298 g/mol. The summed E-state index contributed by atoms with van der Waals surface area (Å²) < 4.78 is 11.0. The van der Waals surface area contributed by atoms with E-state index in [1.807, 2.05) is 42.5 Å². The van der Waals surface area contributed by atoms with Crippen molar-refractivity contribution in [2.24, 2.45) is 0 Å². The van der Waals surface area contributed by atoms with Crippen LogP contribution in [0.15, 0.2) is 54.6 Å². The molecule has 3 nitrogen and oxygen atoms in total. The molecule has 0 aliphatic heterocycles. The molecule has 0 saturated carbocycles. The zero-order valence-electron chi connectivity index (χ0n) is 13.0. The highest BCUT2D eigenvalue weighted by atomic mass is 16.5. The van der Waals surface area contributed by atoms with Crippen molar-refractivity contribution in [1.29, 1.82) is 0 Å². The van der Waals surface area contributed by atoms with Crippen molar-refractivity contribution in [3.05, 3.63) is 65.7 Å². The largest absolute Gasteiger partial charge is 0.491 e. The first-order chi connectivity index (χ1) is 10.8. The number of hydrogen-bond donors (Lipinski definition) is 0. The number of ether oxygens (including phenoxy) is 2. The number of carbonyl (C=O) groups is 1. The molecule has 0 atom stereocenters. The first kappa shape index (κ1) is 16.2. The van der Waals surface area contributed by atoms with E-state index >= 15 is 0 Å². The minimum absolute atomic E-state index is 0.0232. The maximum absolute atomic E-state index is 12.3. The highest BCUT2D eigenvalue weighted by molar-refractivity contribution is 6.08. The maximum atomic E-state index is 12.3. The van der Waals surface area contributed by atoms with Gasteiger partial charge in [-0.05, 0) is 30.7 Å². The van der Waals surface area contributed by atoms with Crippen LogP contribution in [0.4, 0.5) is 0 Å². The number of carbonyl (C=O) groups excluding carboxylic acids is 1. The zero-order chi connectivity index (χ0) is 15.6. The lowest BCUT2D eigenvalue weighted by Gasteiger charge is -2.07. The Bertz CT molecular complexity index is 561. The fourth-order valence-corrected chi connectivity index (χ4v) is 2.03. The molecule has 0 radical (unpaired) electrons. The lowest BCUT2D eigenvalue weighted by Crippen LogP contribution is -2.07. The van der Waals surface area contributed by atoms with Crippen molar-refractivity contribution < 1.29 is 14.3 Å². The maximum Gasteiger partial charge on any atom is 0.193 e. The SMILES string of the molecule is CCCCOCCOc1ccc(C(=O)c2ccccc2)cc1. The molecule has 0 bridgehead atoms. The summed E-state index contributed by atoms with van der Waals surface area (Å²) in [6.45, 7) is 4.03. The summed E-state index contributed by atoms with van der Waals surface area (Å²) in [5, 5.41) is 0. The summed E-state index contributed by atoms with van der Waals surface area (Å²) in [5.41, 5.74) is 1.36. The Balaban J connectivity index is 1.82. The van der Waals surface area contributed by atoms with Crippen molar-refractivity contribution in [3.8, 4) is 5.75 Å². The van der Waals surface area contributed by atoms with Crippen molar-refractivity contribution in [3.63, 3.8) is 0 Å². The molecule has 0 saturated heterocycles. The van der Waals surface area contributed by atoms with Gasteiger partial charge in [0.2, 0.25) is 0 Å². The summed E-state index contributed by atoms with van der Waals surface area (Å²) in [6.07, 6.45) is 2.22. The molecule has 0 heterocycles. The summed E-state index contributed by atoms with van der Waals surface area (Å²) in [4.78, 5) is 12.3. The van der Waals surface area contributed by atoms with Crippen molar-refractivity contribution in [2.75, 3.05) is 19.8 Å². The monoisotopic (exact) mass is 298 g/mol. The van der Waals surface area contributed by atoms with Gasteiger partial charge in [0.05, 0.1) is 6.61 Å². The van der Waals surface area contributed by atoms with Crippen LogP contribution < -0.4 is 4.74 Å². The van der Waals surface area contributed by atoms with Crippen molar-refractivity contribution >= 4 is 5.78 Å². The molecule has 3 heteroatoms. The third-order valence-electron chi connectivity index (χ3n) is 3.29. The molecule has 22 heavy (non-hydrogen) atoms. The third-order valence-corrected chi connectivity index (χ3v) is 3.29. The van der Waals surface area contributed by atoms with E-state index in [9.17, 15) is 4.79 Å². The first-order valence-electron chi connectivity index (χ1n) is 7.71. The van der Waals surface area contributed by atoms with Crippen LogP contribution in [-0.4, -0.2) is 25.6 Å². The molecule has 2 aromatic rings. The second-order valence-electron chi connectivity index (χ2n) is 5.03. The van der Waals surface area contributed by atoms with Crippen LogP contribution >= 0.6 is 0 Å². The number of ketones is 1. The van der Waals surface area contributed by atoms with E-state index in [0.717, 1.165) is 25.2 Å². The zero-order valence-corrected chi connectivity index (χ0v) is 13.0. The number of hydrogen-bond acceptors (Lipinski definition) is 3. The van der Waals surface area contributed by atoms with Gasteiger partial charge in [-0.2, -0.15) is 0 Å². The number of benzene rings is 2. The molecule has 2 aromatic carbocycles. The fourth-order valence-electron chi connectivity index (χ4n) is 2.03. The molecule has 0 aliphatic rings. The van der Waals surface area contributed by atoms with Gasteiger partial charge in [-0.25, -0.2) is 0 Å². The van der Waals surface area contributed by atoms with Crippen LogP contribution in [0.5, 0.6) is 5.75 Å². The summed E-state index contributed by atoms with van der Waals surface area (Å²) >= 11 is 0. The Labute approximate surface area is 131 Å². The number of unbranched alkanes of at least 4 members (excludes halogenated alkanes) is 1. The molecule has 116 valence electrons. The molecule has 0 unspecified atom stereocenters. The predicted molar refractivity (Wildman–Crippen MR) is 87.5 cm³/mol. The average Bonchev–Trinajstić information content (AvgIpc) is 2.59. The minimum Gasteiger partial charge on any atom is -0.491 e. The molecule has 0 fully saturated rings. The first-order valence-corrected chi connectivity index (χ1v) is 7.71. The molecule has 0 aliphatic carbocycles. The highest BCUT2D eigenvalue weighted by Crippen LogP contribution is 2.15. The fraction of sp³-hybridized carbons (Fsp3) is 0.316. The summed E-state index contributed by atoms with van der Waals surface area (Å²) in [6, 6.07) is 16.5. The Kier molecular flexibility index (Phi) is 6.65. The van der Waals surface area contributed by atoms with Crippen LogP contribution in [-0.2, 0) is 4.74 Å². The van der Waals surface area contributed by atoms with Gasteiger partial charge in [-0.3, -0.25) is 4.79 Å². The van der Waals surface area contributed by atoms with Crippen LogP contribution in [0.1, 0.15) is 35.7 Å². The Morgan fingerprint density at radius 2 is 1.55 bits per heavy atom. The van der Waals surface area contributed by atoms with E-state index in [-0.39, 0.29) is 5.78 Å². The van der Waals surface area contributed by atoms with Crippen LogP contribution in [0.3, 0.4) is 0 Å². The van der Waals surface area contributed by atoms with Crippen LogP contribution in [0.2, 0.25) is 0 Å². The summed E-state index contributed by atoms with van der Waals surface area (Å²) in [5.74, 6) is 0.777. The predicted octanol–water partition coefficient (Wildman–Crippen LogP) is 4.11. The van der Waals surface area contributed by atoms with Crippen molar-refractivity contribution in [2.45, 2.75) is 19.8 Å². The Morgan fingerprint density at radius 1 is 0.864 bits per heavy atom.